The highest BCUT2D eigenvalue weighted by Crippen LogP contribution is 2.49. The van der Waals surface area contributed by atoms with Gasteiger partial charge < -0.3 is 4.90 Å². The van der Waals surface area contributed by atoms with E-state index >= 15 is 0 Å². The first-order chi connectivity index (χ1) is 19.2. The Balaban J connectivity index is 1.31. The Kier molecular flexibility index (Phi) is 15.5. The topological polar surface area (TPSA) is 35.9 Å². The predicted octanol–water partition coefficient (Wildman–Crippen LogP) is 10.4. The smallest absolute Gasteiger partial charge is 0.269 e. The molecule has 0 spiro atoms. The zero-order valence-corrected chi connectivity index (χ0v) is 26.7. The third kappa shape index (κ3) is 10.5. The summed E-state index contributed by atoms with van der Waals surface area (Å²) >= 11 is 3.29. The molecule has 6 heteroatoms. The molecule has 0 aromatic heterocycles. The molecule has 0 unspecified atom stereocenters. The minimum atomic E-state index is 0.126. The van der Waals surface area contributed by atoms with Gasteiger partial charge in [-0.3, -0.25) is 14.7 Å². The predicted molar refractivity (Wildman–Crippen MR) is 174 cm³/mol. The molecule has 0 aliphatic carbocycles. The molecule has 0 N–H and O–H groups in total. The van der Waals surface area contributed by atoms with E-state index in [0.717, 1.165) is 47.5 Å². The van der Waals surface area contributed by atoms with Crippen LogP contribution in [0.4, 0.5) is 5.69 Å². The van der Waals surface area contributed by atoms with Gasteiger partial charge in [0.1, 0.15) is 4.91 Å². The number of anilines is 1. The van der Waals surface area contributed by atoms with E-state index in [9.17, 15) is 4.79 Å². The van der Waals surface area contributed by atoms with E-state index < -0.39 is 0 Å². The maximum atomic E-state index is 13.4. The second-order valence-corrected chi connectivity index (χ2v) is 13.2. The first-order valence-corrected chi connectivity index (χ1v) is 17.6. The van der Waals surface area contributed by atoms with Gasteiger partial charge in [-0.05, 0) is 36.7 Å². The molecule has 218 valence electrons. The van der Waals surface area contributed by atoms with Gasteiger partial charge in [0.05, 0.1) is 10.7 Å². The highest BCUT2D eigenvalue weighted by atomic mass is 32.2. The molecular formula is C33H53N3OS2. The first kappa shape index (κ1) is 32.1. The fraction of sp³-hybridized carbons (Fsp3) is 0.697. The quantitative estimate of drug-likeness (QED) is 0.115. The van der Waals surface area contributed by atoms with Crippen molar-refractivity contribution in [2.45, 2.75) is 134 Å². The number of para-hydroxylation sites is 1. The second kappa shape index (κ2) is 18.9. The standard InChI is InChI=1S/C33H53N3OS2/c1-4-6-8-9-10-11-12-13-14-15-16-17-18-19-20-23-26-34-33-36(27-7-5-2)31(37)30(39-33)32-35(3)28-24-21-22-25-29(28)38-32/h21-22,24-25H,4-20,23,26-27H2,1-3H3/b32-30+,34-33?. The molecule has 0 bridgehead atoms. The van der Waals surface area contributed by atoms with Crippen molar-refractivity contribution in [3.8, 4) is 0 Å². The lowest BCUT2D eigenvalue weighted by atomic mass is 10.0. The molecule has 1 fully saturated rings. The van der Waals surface area contributed by atoms with Crippen LogP contribution in [-0.4, -0.2) is 36.1 Å². The Hall–Kier alpha value is -1.40. The van der Waals surface area contributed by atoms with Crippen molar-refractivity contribution in [2.24, 2.45) is 4.99 Å². The van der Waals surface area contributed by atoms with Gasteiger partial charge in [-0.2, -0.15) is 0 Å². The maximum Gasteiger partial charge on any atom is 0.269 e. The van der Waals surface area contributed by atoms with E-state index in [4.69, 9.17) is 4.99 Å². The summed E-state index contributed by atoms with van der Waals surface area (Å²) in [5.74, 6) is 0.126. The molecule has 2 aliphatic rings. The van der Waals surface area contributed by atoms with E-state index in [-0.39, 0.29) is 5.91 Å². The third-order valence-electron chi connectivity index (χ3n) is 7.79. The number of thioether (sulfide) groups is 2. The zero-order chi connectivity index (χ0) is 27.7. The van der Waals surface area contributed by atoms with Crippen molar-refractivity contribution in [3.63, 3.8) is 0 Å². The van der Waals surface area contributed by atoms with Gasteiger partial charge in [0, 0.05) is 25.0 Å². The van der Waals surface area contributed by atoms with E-state index in [1.165, 1.54) is 107 Å². The summed E-state index contributed by atoms with van der Waals surface area (Å²) < 4.78 is 0. The number of rotatable bonds is 20. The fourth-order valence-corrected chi connectivity index (χ4v) is 7.68. The summed E-state index contributed by atoms with van der Waals surface area (Å²) in [6.07, 6.45) is 24.1. The minimum Gasteiger partial charge on any atom is -0.337 e. The maximum absolute atomic E-state index is 13.4. The van der Waals surface area contributed by atoms with Crippen molar-refractivity contribution < 1.29 is 4.79 Å². The fourth-order valence-electron chi connectivity index (χ4n) is 5.30. The van der Waals surface area contributed by atoms with E-state index in [1.807, 2.05) is 4.90 Å². The van der Waals surface area contributed by atoms with Crippen LogP contribution in [0.3, 0.4) is 0 Å². The highest BCUT2D eigenvalue weighted by molar-refractivity contribution is 8.19. The van der Waals surface area contributed by atoms with Crippen LogP contribution >= 0.6 is 23.5 Å². The van der Waals surface area contributed by atoms with Crippen molar-refractivity contribution in [3.05, 3.63) is 34.2 Å². The van der Waals surface area contributed by atoms with Crippen molar-refractivity contribution in [1.82, 2.24) is 4.90 Å². The SMILES string of the molecule is CCCCCCCCCCCCCCCCCCN=C1S/C(=C2/Sc3ccccc3N2C)C(=O)N1CCCC. The molecule has 3 rings (SSSR count). The molecule has 0 saturated carbocycles. The molecule has 39 heavy (non-hydrogen) atoms. The summed E-state index contributed by atoms with van der Waals surface area (Å²) in [7, 11) is 2.07. The zero-order valence-electron chi connectivity index (χ0n) is 25.0. The average Bonchev–Trinajstić information content (AvgIpc) is 3.44. The molecule has 0 radical (unpaired) electrons. The number of hydrogen-bond acceptors (Lipinski definition) is 5. The summed E-state index contributed by atoms with van der Waals surface area (Å²) in [6, 6.07) is 8.39. The Morgan fingerprint density at radius 1 is 0.692 bits per heavy atom. The molecule has 1 amide bonds. The Morgan fingerprint density at radius 3 is 1.79 bits per heavy atom. The Bertz CT molecular complexity index is 929. The normalized spacial score (nSPS) is 18.1. The number of carbonyl (C=O) groups excluding carboxylic acids is 1. The second-order valence-electron chi connectivity index (χ2n) is 11.1. The molecule has 1 saturated heterocycles. The highest BCUT2D eigenvalue weighted by Gasteiger charge is 2.38. The van der Waals surface area contributed by atoms with Gasteiger partial charge in [0.25, 0.3) is 5.91 Å². The number of fused-ring (bicyclic) bond motifs is 1. The van der Waals surface area contributed by atoms with Gasteiger partial charge in [-0.25, -0.2) is 0 Å². The van der Waals surface area contributed by atoms with Crippen LogP contribution in [0.1, 0.15) is 129 Å². The molecule has 2 heterocycles. The molecule has 1 aromatic rings. The molecular weight excluding hydrogens is 519 g/mol. The Morgan fingerprint density at radius 2 is 1.23 bits per heavy atom. The number of aliphatic imine (C=N–C) groups is 1. The Labute approximate surface area is 247 Å². The van der Waals surface area contributed by atoms with Gasteiger partial charge in [0.2, 0.25) is 0 Å². The number of amides is 1. The summed E-state index contributed by atoms with van der Waals surface area (Å²) in [4.78, 5) is 24.5. The van der Waals surface area contributed by atoms with Crippen LogP contribution in [-0.2, 0) is 4.79 Å². The van der Waals surface area contributed by atoms with Crippen LogP contribution in [0, 0.1) is 0 Å². The number of unbranched alkanes of at least 4 members (excludes halogenated alkanes) is 16. The number of benzene rings is 1. The van der Waals surface area contributed by atoms with Crippen molar-refractivity contribution in [1.29, 1.82) is 0 Å². The van der Waals surface area contributed by atoms with Crippen LogP contribution in [0.15, 0.2) is 44.1 Å². The van der Waals surface area contributed by atoms with Gasteiger partial charge >= 0.3 is 0 Å². The average molecular weight is 572 g/mol. The number of hydrogen-bond donors (Lipinski definition) is 0. The summed E-state index contributed by atoms with van der Waals surface area (Å²) in [5, 5.41) is 1.95. The van der Waals surface area contributed by atoms with E-state index in [0.29, 0.717) is 0 Å². The largest absolute Gasteiger partial charge is 0.337 e. The van der Waals surface area contributed by atoms with Gasteiger partial charge in [-0.15, -0.1) is 0 Å². The number of amidine groups is 1. The molecule has 2 aliphatic heterocycles. The summed E-state index contributed by atoms with van der Waals surface area (Å²) in [5.41, 5.74) is 1.18. The van der Waals surface area contributed by atoms with Crippen molar-refractivity contribution in [2.75, 3.05) is 25.0 Å². The minimum absolute atomic E-state index is 0.126. The lowest BCUT2D eigenvalue weighted by Crippen LogP contribution is -2.30. The first-order valence-electron chi connectivity index (χ1n) is 16.0. The van der Waals surface area contributed by atoms with Gasteiger partial charge in [-0.1, -0.05) is 140 Å². The molecule has 4 nitrogen and oxygen atoms in total. The van der Waals surface area contributed by atoms with E-state index in [1.54, 1.807) is 23.5 Å². The monoisotopic (exact) mass is 571 g/mol. The lowest BCUT2D eigenvalue weighted by Gasteiger charge is -2.16. The van der Waals surface area contributed by atoms with Crippen LogP contribution in [0.5, 0.6) is 0 Å². The van der Waals surface area contributed by atoms with Crippen molar-refractivity contribution >= 4 is 40.3 Å². The van der Waals surface area contributed by atoms with Gasteiger partial charge in [0.15, 0.2) is 5.17 Å². The van der Waals surface area contributed by atoms with Crippen LogP contribution in [0.2, 0.25) is 0 Å². The van der Waals surface area contributed by atoms with E-state index in [2.05, 4.69) is 50.1 Å². The number of carbonyl (C=O) groups is 1. The lowest BCUT2D eigenvalue weighted by molar-refractivity contribution is -0.122. The summed E-state index contributed by atoms with van der Waals surface area (Å²) in [6.45, 7) is 6.05. The van der Waals surface area contributed by atoms with Crippen LogP contribution in [0.25, 0.3) is 0 Å². The molecule has 0 atom stereocenters. The number of nitrogens with zero attached hydrogens (tertiary/aromatic N) is 3. The van der Waals surface area contributed by atoms with Crippen LogP contribution < -0.4 is 4.90 Å². The molecule has 1 aromatic carbocycles. The third-order valence-corrected chi connectivity index (χ3v) is 10.3.